The molecule has 14 heavy (non-hydrogen) atoms. The summed E-state index contributed by atoms with van der Waals surface area (Å²) in [5.41, 5.74) is 1.83. The van der Waals surface area contributed by atoms with Gasteiger partial charge in [0.25, 0.3) is 0 Å². The molecule has 0 saturated carbocycles. The van der Waals surface area contributed by atoms with E-state index in [1.54, 1.807) is 0 Å². The number of rotatable bonds is 5. The van der Waals surface area contributed by atoms with Crippen LogP contribution in [-0.2, 0) is 0 Å². The van der Waals surface area contributed by atoms with Crippen LogP contribution in [0.1, 0.15) is 12.0 Å². The van der Waals surface area contributed by atoms with E-state index in [1.807, 2.05) is 24.8 Å². The Kier molecular flexibility index (Phi) is 4.80. The summed E-state index contributed by atoms with van der Waals surface area (Å²) in [5, 5.41) is 3.21. The van der Waals surface area contributed by atoms with Gasteiger partial charge in [0, 0.05) is 12.2 Å². The maximum Gasteiger partial charge on any atom is 0.125 e. The monoisotopic (exact) mass is 213 g/mol. The number of anilines is 1. The Hall–Kier alpha value is -0.700. The van der Waals surface area contributed by atoms with Gasteiger partial charge in [-0.25, -0.2) is 4.39 Å². The lowest BCUT2D eigenvalue weighted by molar-refractivity contribution is 0.627. The summed E-state index contributed by atoms with van der Waals surface area (Å²) >= 11 is 1.83. The Morgan fingerprint density at radius 1 is 1.36 bits per heavy atom. The van der Waals surface area contributed by atoms with Crippen LogP contribution in [0.4, 0.5) is 10.1 Å². The van der Waals surface area contributed by atoms with E-state index in [0.29, 0.717) is 0 Å². The Morgan fingerprint density at radius 2 is 2.14 bits per heavy atom. The van der Waals surface area contributed by atoms with Crippen LogP contribution in [0.25, 0.3) is 0 Å². The molecule has 78 valence electrons. The van der Waals surface area contributed by atoms with Crippen molar-refractivity contribution in [3.8, 4) is 0 Å². The predicted molar refractivity (Wildman–Crippen MR) is 62.6 cm³/mol. The highest BCUT2D eigenvalue weighted by molar-refractivity contribution is 7.98. The first kappa shape index (κ1) is 11.4. The lowest BCUT2D eigenvalue weighted by atomic mass is 10.2. The van der Waals surface area contributed by atoms with E-state index in [0.717, 1.165) is 30.0 Å². The van der Waals surface area contributed by atoms with Gasteiger partial charge < -0.3 is 5.32 Å². The molecular weight excluding hydrogens is 197 g/mol. The molecule has 0 aromatic heterocycles. The normalized spacial score (nSPS) is 10.2. The standard InChI is InChI=1S/C11H16FNS/c1-9-6-10(12)8-11(7-9)13-4-3-5-14-2/h6-8,13H,3-5H2,1-2H3. The number of thioether (sulfide) groups is 1. The summed E-state index contributed by atoms with van der Waals surface area (Å²) < 4.78 is 13.0. The van der Waals surface area contributed by atoms with Crippen molar-refractivity contribution in [2.75, 3.05) is 23.9 Å². The van der Waals surface area contributed by atoms with Crippen LogP contribution in [0, 0.1) is 12.7 Å². The fourth-order valence-corrected chi connectivity index (χ4v) is 1.72. The minimum Gasteiger partial charge on any atom is -0.385 e. The molecule has 0 amide bonds. The van der Waals surface area contributed by atoms with Crippen molar-refractivity contribution in [2.45, 2.75) is 13.3 Å². The summed E-state index contributed by atoms with van der Waals surface area (Å²) in [6.07, 6.45) is 3.20. The van der Waals surface area contributed by atoms with Crippen molar-refractivity contribution >= 4 is 17.4 Å². The van der Waals surface area contributed by atoms with E-state index >= 15 is 0 Å². The van der Waals surface area contributed by atoms with Crippen molar-refractivity contribution in [3.05, 3.63) is 29.6 Å². The molecule has 1 nitrogen and oxygen atoms in total. The lowest BCUT2D eigenvalue weighted by Crippen LogP contribution is -2.02. The van der Waals surface area contributed by atoms with Crippen LogP contribution >= 0.6 is 11.8 Å². The highest BCUT2D eigenvalue weighted by Crippen LogP contribution is 2.13. The molecule has 0 aliphatic heterocycles. The predicted octanol–water partition coefficient (Wildman–Crippen LogP) is 3.30. The van der Waals surface area contributed by atoms with Crippen LogP contribution in [0.3, 0.4) is 0 Å². The second kappa shape index (κ2) is 5.91. The molecule has 0 heterocycles. The maximum atomic E-state index is 13.0. The molecule has 0 saturated heterocycles. The first-order valence-electron chi connectivity index (χ1n) is 4.72. The fraction of sp³-hybridized carbons (Fsp3) is 0.455. The molecular formula is C11H16FNS. The molecule has 1 aromatic carbocycles. The van der Waals surface area contributed by atoms with Crippen molar-refractivity contribution in [2.24, 2.45) is 0 Å². The number of hydrogen-bond donors (Lipinski definition) is 1. The minimum atomic E-state index is -0.169. The van der Waals surface area contributed by atoms with E-state index in [2.05, 4.69) is 11.6 Å². The van der Waals surface area contributed by atoms with Gasteiger partial charge in [-0.05, 0) is 49.1 Å². The van der Waals surface area contributed by atoms with Crippen molar-refractivity contribution in [1.82, 2.24) is 0 Å². The Labute approximate surface area is 89.1 Å². The summed E-state index contributed by atoms with van der Waals surface area (Å²) in [6.45, 7) is 2.81. The Bertz CT molecular complexity index is 268. The molecule has 0 radical (unpaired) electrons. The van der Waals surface area contributed by atoms with Crippen LogP contribution in [0.5, 0.6) is 0 Å². The molecule has 0 aliphatic carbocycles. The zero-order valence-corrected chi connectivity index (χ0v) is 9.46. The van der Waals surface area contributed by atoms with Gasteiger partial charge in [-0.1, -0.05) is 0 Å². The first-order valence-corrected chi connectivity index (χ1v) is 6.12. The van der Waals surface area contributed by atoms with Crippen LogP contribution in [0.2, 0.25) is 0 Å². The van der Waals surface area contributed by atoms with Gasteiger partial charge in [0.15, 0.2) is 0 Å². The molecule has 0 fully saturated rings. The summed E-state index contributed by atoms with van der Waals surface area (Å²) in [5.74, 6) is 0.971. The molecule has 0 atom stereocenters. The van der Waals surface area contributed by atoms with Crippen LogP contribution in [0.15, 0.2) is 18.2 Å². The van der Waals surface area contributed by atoms with Gasteiger partial charge in [0.05, 0.1) is 0 Å². The molecule has 0 bridgehead atoms. The average Bonchev–Trinajstić information content (AvgIpc) is 2.11. The third-order valence-corrected chi connectivity index (χ3v) is 2.59. The second-order valence-electron chi connectivity index (χ2n) is 3.29. The van der Waals surface area contributed by atoms with E-state index in [4.69, 9.17) is 0 Å². The third kappa shape index (κ3) is 4.01. The number of nitrogens with one attached hydrogen (secondary N) is 1. The number of benzene rings is 1. The van der Waals surface area contributed by atoms with Crippen molar-refractivity contribution in [1.29, 1.82) is 0 Å². The van der Waals surface area contributed by atoms with E-state index in [9.17, 15) is 4.39 Å². The molecule has 0 spiro atoms. The highest BCUT2D eigenvalue weighted by Gasteiger charge is 1.96. The van der Waals surface area contributed by atoms with Crippen molar-refractivity contribution < 1.29 is 4.39 Å². The Balaban J connectivity index is 2.42. The largest absolute Gasteiger partial charge is 0.385 e. The van der Waals surface area contributed by atoms with E-state index in [-0.39, 0.29) is 5.82 Å². The highest BCUT2D eigenvalue weighted by atomic mass is 32.2. The average molecular weight is 213 g/mol. The fourth-order valence-electron chi connectivity index (χ4n) is 1.29. The number of halogens is 1. The van der Waals surface area contributed by atoms with Gasteiger partial charge in [0.1, 0.15) is 5.82 Å². The lowest BCUT2D eigenvalue weighted by Gasteiger charge is -2.06. The van der Waals surface area contributed by atoms with Gasteiger partial charge in [-0.15, -0.1) is 0 Å². The first-order chi connectivity index (χ1) is 6.72. The quantitative estimate of drug-likeness (QED) is 0.753. The molecule has 1 aromatic rings. The molecule has 0 aliphatic rings. The smallest absolute Gasteiger partial charge is 0.125 e. The topological polar surface area (TPSA) is 12.0 Å². The summed E-state index contributed by atoms with van der Waals surface area (Å²) in [4.78, 5) is 0. The third-order valence-electron chi connectivity index (χ3n) is 1.90. The second-order valence-corrected chi connectivity index (χ2v) is 4.28. The van der Waals surface area contributed by atoms with Gasteiger partial charge in [-0.2, -0.15) is 11.8 Å². The van der Waals surface area contributed by atoms with Crippen LogP contribution in [-0.4, -0.2) is 18.6 Å². The van der Waals surface area contributed by atoms with Gasteiger partial charge >= 0.3 is 0 Å². The maximum absolute atomic E-state index is 13.0. The molecule has 0 unspecified atom stereocenters. The van der Waals surface area contributed by atoms with Crippen LogP contribution < -0.4 is 5.32 Å². The van der Waals surface area contributed by atoms with Gasteiger partial charge in [-0.3, -0.25) is 0 Å². The minimum absolute atomic E-state index is 0.169. The Morgan fingerprint density at radius 3 is 2.79 bits per heavy atom. The van der Waals surface area contributed by atoms with Gasteiger partial charge in [0.2, 0.25) is 0 Å². The van der Waals surface area contributed by atoms with E-state index in [1.165, 1.54) is 12.1 Å². The zero-order chi connectivity index (χ0) is 10.4. The number of hydrogen-bond acceptors (Lipinski definition) is 2. The summed E-state index contributed by atoms with van der Waals surface area (Å²) in [6, 6.07) is 5.03. The molecule has 1 rings (SSSR count). The number of aryl methyl sites for hydroxylation is 1. The van der Waals surface area contributed by atoms with E-state index < -0.39 is 0 Å². The molecule has 1 N–H and O–H groups in total. The molecule has 3 heteroatoms. The summed E-state index contributed by atoms with van der Waals surface area (Å²) in [7, 11) is 0. The SMILES string of the molecule is CSCCCNc1cc(C)cc(F)c1. The van der Waals surface area contributed by atoms with Crippen molar-refractivity contribution in [3.63, 3.8) is 0 Å². The zero-order valence-electron chi connectivity index (χ0n) is 8.64.